The first-order valence-electron chi connectivity index (χ1n) is 7.06. The van der Waals surface area contributed by atoms with Gasteiger partial charge in [0.15, 0.2) is 0 Å². The molecule has 1 aromatic rings. The highest BCUT2D eigenvalue weighted by atomic mass is 14.5. The Labute approximate surface area is 106 Å². The van der Waals surface area contributed by atoms with Crippen molar-refractivity contribution in [3.05, 3.63) is 35.4 Å². The number of unbranched alkanes of at least 4 members (excludes halogenated alkanes) is 3. The number of aryl methyl sites for hydroxylation is 1. The van der Waals surface area contributed by atoms with Crippen LogP contribution in [0.5, 0.6) is 0 Å². The van der Waals surface area contributed by atoms with Crippen LogP contribution in [0.4, 0.5) is 0 Å². The molecular weight excluding hydrogens is 206 g/mol. The molecule has 2 N–H and O–H groups in total. The molecule has 0 amide bonds. The van der Waals surface area contributed by atoms with Gasteiger partial charge in [-0.3, -0.25) is 0 Å². The van der Waals surface area contributed by atoms with Crippen LogP contribution in [0.3, 0.4) is 0 Å². The van der Waals surface area contributed by atoms with E-state index < -0.39 is 0 Å². The Morgan fingerprint density at radius 2 is 1.76 bits per heavy atom. The molecule has 1 rings (SSSR count). The van der Waals surface area contributed by atoms with Crippen LogP contribution in [-0.2, 0) is 6.42 Å². The molecule has 0 bridgehead atoms. The number of hydrogen-bond donors (Lipinski definition) is 1. The lowest BCUT2D eigenvalue weighted by atomic mass is 9.96. The van der Waals surface area contributed by atoms with E-state index in [0.717, 1.165) is 13.0 Å². The van der Waals surface area contributed by atoms with Crippen LogP contribution < -0.4 is 5.73 Å². The molecule has 0 aromatic heterocycles. The molecule has 1 aromatic carbocycles. The average molecular weight is 233 g/mol. The zero-order chi connectivity index (χ0) is 12.5. The Hall–Kier alpha value is -0.820. The Morgan fingerprint density at radius 3 is 2.35 bits per heavy atom. The predicted molar refractivity (Wildman–Crippen MR) is 76.4 cm³/mol. The second kappa shape index (κ2) is 8.30. The number of hydrogen-bond acceptors (Lipinski definition) is 1. The van der Waals surface area contributed by atoms with E-state index in [2.05, 4.69) is 38.1 Å². The highest BCUT2D eigenvalue weighted by Crippen LogP contribution is 2.19. The summed E-state index contributed by atoms with van der Waals surface area (Å²) in [6, 6.07) is 9.12. The summed E-state index contributed by atoms with van der Waals surface area (Å²) in [6.07, 6.45) is 7.68. The summed E-state index contributed by atoms with van der Waals surface area (Å²) in [7, 11) is 0. The Morgan fingerprint density at radius 1 is 1.06 bits per heavy atom. The molecule has 0 saturated heterocycles. The van der Waals surface area contributed by atoms with Crippen molar-refractivity contribution in [1.29, 1.82) is 0 Å². The molecule has 0 fully saturated rings. The topological polar surface area (TPSA) is 26.0 Å². The third kappa shape index (κ3) is 5.36. The van der Waals surface area contributed by atoms with E-state index in [1.165, 1.54) is 43.2 Å². The quantitative estimate of drug-likeness (QED) is 0.667. The minimum absolute atomic E-state index is 0.592. The Balaban J connectivity index is 2.39. The first-order valence-corrected chi connectivity index (χ1v) is 7.06. The summed E-state index contributed by atoms with van der Waals surface area (Å²) < 4.78 is 0. The van der Waals surface area contributed by atoms with Crippen molar-refractivity contribution in [3.63, 3.8) is 0 Å². The van der Waals surface area contributed by atoms with Gasteiger partial charge in [-0.15, -0.1) is 0 Å². The monoisotopic (exact) mass is 233 g/mol. The molecular formula is C16H27N. The minimum atomic E-state index is 0.592. The molecule has 17 heavy (non-hydrogen) atoms. The van der Waals surface area contributed by atoms with Crippen molar-refractivity contribution in [2.75, 3.05) is 6.54 Å². The lowest BCUT2D eigenvalue weighted by Gasteiger charge is -2.11. The SMILES string of the molecule is CCCCCCc1ccc(C(C)CCN)cc1. The Bertz CT molecular complexity index is 289. The van der Waals surface area contributed by atoms with Crippen LogP contribution in [0.25, 0.3) is 0 Å². The fourth-order valence-electron chi connectivity index (χ4n) is 2.19. The van der Waals surface area contributed by atoms with Crippen molar-refractivity contribution in [3.8, 4) is 0 Å². The molecule has 0 spiro atoms. The third-order valence-corrected chi connectivity index (χ3v) is 3.47. The van der Waals surface area contributed by atoms with Gasteiger partial charge in [-0.1, -0.05) is 57.4 Å². The van der Waals surface area contributed by atoms with Crippen molar-refractivity contribution in [2.24, 2.45) is 5.73 Å². The van der Waals surface area contributed by atoms with E-state index in [4.69, 9.17) is 5.73 Å². The number of nitrogens with two attached hydrogens (primary N) is 1. The largest absolute Gasteiger partial charge is 0.330 e. The lowest BCUT2D eigenvalue weighted by molar-refractivity contribution is 0.665. The molecule has 0 radical (unpaired) electrons. The molecule has 0 aliphatic heterocycles. The van der Waals surface area contributed by atoms with Gasteiger partial charge < -0.3 is 5.73 Å². The van der Waals surface area contributed by atoms with Crippen LogP contribution >= 0.6 is 0 Å². The first kappa shape index (κ1) is 14.2. The van der Waals surface area contributed by atoms with Gasteiger partial charge in [0.05, 0.1) is 0 Å². The first-order chi connectivity index (χ1) is 8.27. The third-order valence-electron chi connectivity index (χ3n) is 3.47. The second-order valence-electron chi connectivity index (χ2n) is 5.03. The average Bonchev–Trinajstić information content (AvgIpc) is 2.36. The molecule has 96 valence electrons. The van der Waals surface area contributed by atoms with E-state index in [1.807, 2.05) is 0 Å². The van der Waals surface area contributed by atoms with Crippen LogP contribution in [0.1, 0.15) is 63.0 Å². The van der Waals surface area contributed by atoms with Gasteiger partial charge >= 0.3 is 0 Å². The fraction of sp³-hybridized carbons (Fsp3) is 0.625. The molecule has 0 aliphatic rings. The summed E-state index contributed by atoms with van der Waals surface area (Å²) in [4.78, 5) is 0. The zero-order valence-corrected chi connectivity index (χ0v) is 11.4. The van der Waals surface area contributed by atoms with E-state index in [1.54, 1.807) is 0 Å². The van der Waals surface area contributed by atoms with E-state index in [9.17, 15) is 0 Å². The second-order valence-corrected chi connectivity index (χ2v) is 5.03. The Kier molecular flexibility index (Phi) is 6.95. The molecule has 1 unspecified atom stereocenters. The van der Waals surface area contributed by atoms with E-state index in [0.29, 0.717) is 5.92 Å². The molecule has 0 heterocycles. The maximum absolute atomic E-state index is 5.59. The minimum Gasteiger partial charge on any atom is -0.330 e. The summed E-state index contributed by atoms with van der Waals surface area (Å²) in [6.45, 7) is 5.29. The van der Waals surface area contributed by atoms with Gasteiger partial charge in [0.2, 0.25) is 0 Å². The number of rotatable bonds is 8. The van der Waals surface area contributed by atoms with Crippen LogP contribution in [0.2, 0.25) is 0 Å². The van der Waals surface area contributed by atoms with Gasteiger partial charge in [0.25, 0.3) is 0 Å². The molecule has 0 saturated carbocycles. The van der Waals surface area contributed by atoms with Crippen molar-refractivity contribution < 1.29 is 0 Å². The summed E-state index contributed by atoms with van der Waals surface area (Å²) in [5, 5.41) is 0. The molecule has 1 nitrogen and oxygen atoms in total. The summed E-state index contributed by atoms with van der Waals surface area (Å²) in [5.74, 6) is 0.592. The van der Waals surface area contributed by atoms with Gasteiger partial charge in [-0.2, -0.15) is 0 Å². The van der Waals surface area contributed by atoms with Gasteiger partial charge in [-0.05, 0) is 42.9 Å². The summed E-state index contributed by atoms with van der Waals surface area (Å²) in [5.41, 5.74) is 8.49. The molecule has 0 aliphatic carbocycles. The fourth-order valence-corrected chi connectivity index (χ4v) is 2.19. The van der Waals surface area contributed by atoms with E-state index in [-0.39, 0.29) is 0 Å². The highest BCUT2D eigenvalue weighted by molar-refractivity contribution is 5.25. The summed E-state index contributed by atoms with van der Waals surface area (Å²) >= 11 is 0. The van der Waals surface area contributed by atoms with Crippen molar-refractivity contribution in [1.82, 2.24) is 0 Å². The van der Waals surface area contributed by atoms with E-state index >= 15 is 0 Å². The zero-order valence-electron chi connectivity index (χ0n) is 11.4. The smallest absolute Gasteiger partial charge is 0.00715 e. The highest BCUT2D eigenvalue weighted by Gasteiger charge is 2.03. The maximum atomic E-state index is 5.59. The molecule has 1 atom stereocenters. The lowest BCUT2D eigenvalue weighted by Crippen LogP contribution is -2.04. The normalized spacial score (nSPS) is 12.6. The predicted octanol–water partition coefficient (Wildman–Crippen LogP) is 4.26. The van der Waals surface area contributed by atoms with Crippen LogP contribution in [0.15, 0.2) is 24.3 Å². The standard InChI is InChI=1S/C16H27N/c1-3-4-5-6-7-15-8-10-16(11-9-15)14(2)12-13-17/h8-11,14H,3-7,12-13,17H2,1-2H3. The van der Waals surface area contributed by atoms with Crippen LogP contribution in [-0.4, -0.2) is 6.54 Å². The molecule has 1 heteroatoms. The van der Waals surface area contributed by atoms with Gasteiger partial charge in [0.1, 0.15) is 0 Å². The number of benzene rings is 1. The van der Waals surface area contributed by atoms with Crippen molar-refractivity contribution in [2.45, 2.75) is 58.3 Å². The van der Waals surface area contributed by atoms with Crippen molar-refractivity contribution >= 4 is 0 Å². The maximum Gasteiger partial charge on any atom is -0.00715 e. The van der Waals surface area contributed by atoms with Crippen LogP contribution in [0, 0.1) is 0 Å². The van der Waals surface area contributed by atoms with Gasteiger partial charge in [-0.25, -0.2) is 0 Å². The van der Waals surface area contributed by atoms with Gasteiger partial charge in [0, 0.05) is 0 Å².